The van der Waals surface area contributed by atoms with Crippen LogP contribution in [0.1, 0.15) is 40.5 Å². The van der Waals surface area contributed by atoms with E-state index in [1.807, 2.05) is 38.1 Å². The second-order valence-corrected chi connectivity index (χ2v) is 5.55. The van der Waals surface area contributed by atoms with E-state index >= 15 is 0 Å². The van der Waals surface area contributed by atoms with E-state index in [9.17, 15) is 4.79 Å². The van der Waals surface area contributed by atoms with Crippen molar-refractivity contribution in [1.29, 1.82) is 0 Å². The predicted molar refractivity (Wildman–Crippen MR) is 82.9 cm³/mol. The maximum absolute atomic E-state index is 12.2. The van der Waals surface area contributed by atoms with Gasteiger partial charge < -0.3 is 15.8 Å². The number of carbonyl (C=O) groups excluding carboxylic acids is 1. The molecule has 20 heavy (non-hydrogen) atoms. The first-order valence-corrected chi connectivity index (χ1v) is 7.24. The largest absolute Gasteiger partial charge is 0.493 e. The van der Waals surface area contributed by atoms with Crippen LogP contribution < -0.4 is 15.8 Å². The minimum absolute atomic E-state index is 0.150. The molecule has 4 heteroatoms. The lowest BCUT2D eigenvalue weighted by atomic mass is 9.93. The molecule has 0 bridgehead atoms. The number of amides is 1. The van der Waals surface area contributed by atoms with Gasteiger partial charge in [-0.3, -0.25) is 4.79 Å². The summed E-state index contributed by atoms with van der Waals surface area (Å²) in [6, 6.07) is 7.41. The van der Waals surface area contributed by atoms with Crippen LogP contribution >= 0.6 is 0 Å². The second kappa shape index (κ2) is 7.29. The number of ether oxygens (including phenoxy) is 1. The van der Waals surface area contributed by atoms with E-state index in [0.717, 1.165) is 5.75 Å². The van der Waals surface area contributed by atoms with E-state index in [1.165, 1.54) is 0 Å². The van der Waals surface area contributed by atoms with Crippen LogP contribution in [0.3, 0.4) is 0 Å². The van der Waals surface area contributed by atoms with Crippen LogP contribution in [0.15, 0.2) is 24.3 Å². The van der Waals surface area contributed by atoms with Crippen LogP contribution in [-0.2, 0) is 4.79 Å². The minimum Gasteiger partial charge on any atom is -0.493 e. The van der Waals surface area contributed by atoms with Crippen molar-refractivity contribution in [3.63, 3.8) is 0 Å². The number of nitrogens with one attached hydrogen (secondary N) is 1. The Morgan fingerprint density at radius 1 is 1.35 bits per heavy atom. The monoisotopic (exact) mass is 278 g/mol. The Hall–Kier alpha value is -1.55. The summed E-state index contributed by atoms with van der Waals surface area (Å²) in [5.41, 5.74) is 5.99. The average molecular weight is 278 g/mol. The molecule has 0 heterocycles. The highest BCUT2D eigenvalue weighted by molar-refractivity contribution is 5.98. The fourth-order valence-corrected chi connectivity index (χ4v) is 1.75. The summed E-state index contributed by atoms with van der Waals surface area (Å²) in [5, 5.41) is 2.87. The van der Waals surface area contributed by atoms with Crippen LogP contribution in [0, 0.1) is 5.92 Å². The number of rotatable bonds is 7. The van der Waals surface area contributed by atoms with Gasteiger partial charge in [0.2, 0.25) is 5.91 Å². The normalized spacial score (nSPS) is 11.5. The van der Waals surface area contributed by atoms with Crippen molar-refractivity contribution < 1.29 is 9.53 Å². The zero-order valence-electron chi connectivity index (χ0n) is 12.9. The van der Waals surface area contributed by atoms with Crippen molar-refractivity contribution in [1.82, 2.24) is 0 Å². The van der Waals surface area contributed by atoms with Gasteiger partial charge in [0, 0.05) is 11.8 Å². The van der Waals surface area contributed by atoms with Gasteiger partial charge in [-0.15, -0.1) is 0 Å². The quantitative estimate of drug-likeness (QED) is 0.805. The smallest absolute Gasteiger partial charge is 0.244 e. The number of benzene rings is 1. The Labute approximate surface area is 121 Å². The first-order valence-electron chi connectivity index (χ1n) is 7.24. The average Bonchev–Trinajstić information content (AvgIpc) is 2.44. The van der Waals surface area contributed by atoms with Gasteiger partial charge in [-0.1, -0.05) is 33.8 Å². The molecule has 0 radical (unpaired) electrons. The third kappa shape index (κ3) is 4.53. The third-order valence-corrected chi connectivity index (χ3v) is 3.39. The van der Waals surface area contributed by atoms with Gasteiger partial charge in [0.25, 0.3) is 0 Å². The van der Waals surface area contributed by atoms with Crippen LogP contribution in [-0.4, -0.2) is 18.1 Å². The van der Waals surface area contributed by atoms with E-state index in [-0.39, 0.29) is 5.91 Å². The van der Waals surface area contributed by atoms with Gasteiger partial charge in [0.1, 0.15) is 5.75 Å². The Kier molecular flexibility index (Phi) is 6.02. The van der Waals surface area contributed by atoms with Gasteiger partial charge >= 0.3 is 0 Å². The Morgan fingerprint density at radius 2 is 2.00 bits per heavy atom. The van der Waals surface area contributed by atoms with E-state index in [0.29, 0.717) is 31.1 Å². The van der Waals surface area contributed by atoms with Crippen molar-refractivity contribution in [2.24, 2.45) is 11.7 Å². The summed E-state index contributed by atoms with van der Waals surface area (Å²) in [6.07, 6.45) is 1.22. The van der Waals surface area contributed by atoms with Gasteiger partial charge in [-0.2, -0.15) is 0 Å². The molecular weight excluding hydrogens is 252 g/mol. The minimum atomic E-state index is -0.811. The summed E-state index contributed by atoms with van der Waals surface area (Å²) in [6.45, 7) is 8.69. The fourth-order valence-electron chi connectivity index (χ4n) is 1.75. The molecule has 0 atom stereocenters. The third-order valence-electron chi connectivity index (χ3n) is 3.39. The van der Waals surface area contributed by atoms with Crippen molar-refractivity contribution >= 4 is 11.6 Å². The highest BCUT2D eigenvalue weighted by Gasteiger charge is 2.29. The van der Waals surface area contributed by atoms with Gasteiger partial charge in [0.15, 0.2) is 0 Å². The van der Waals surface area contributed by atoms with Gasteiger partial charge in [0.05, 0.1) is 12.1 Å². The Morgan fingerprint density at radius 3 is 2.55 bits per heavy atom. The topological polar surface area (TPSA) is 64.4 Å². The van der Waals surface area contributed by atoms with Crippen LogP contribution in [0.4, 0.5) is 5.69 Å². The van der Waals surface area contributed by atoms with Gasteiger partial charge in [-0.05, 0) is 30.9 Å². The fraction of sp³-hybridized carbons (Fsp3) is 0.562. The Bertz CT molecular complexity index is 440. The van der Waals surface area contributed by atoms with Crippen molar-refractivity contribution in [2.45, 2.75) is 46.1 Å². The molecule has 3 N–H and O–H groups in total. The number of hydrogen-bond donors (Lipinski definition) is 2. The molecule has 112 valence electrons. The standard InChI is InChI=1S/C16H26N2O2/c1-5-16(17,6-2)15(19)18-13-8-7-9-14(10-13)20-11-12(3)4/h7-10,12H,5-6,11,17H2,1-4H3,(H,18,19). The molecule has 0 spiro atoms. The van der Waals surface area contributed by atoms with E-state index in [1.54, 1.807) is 0 Å². The summed E-state index contributed by atoms with van der Waals surface area (Å²) in [4.78, 5) is 12.2. The lowest BCUT2D eigenvalue weighted by Crippen LogP contribution is -2.50. The molecule has 1 amide bonds. The maximum atomic E-state index is 12.2. The summed E-state index contributed by atoms with van der Waals surface area (Å²) < 4.78 is 5.65. The molecule has 0 aliphatic heterocycles. The molecule has 1 aromatic carbocycles. The van der Waals surface area contributed by atoms with Crippen molar-refractivity contribution in [2.75, 3.05) is 11.9 Å². The zero-order valence-corrected chi connectivity index (χ0v) is 12.9. The molecule has 1 aromatic rings. The summed E-state index contributed by atoms with van der Waals surface area (Å²) >= 11 is 0. The van der Waals surface area contributed by atoms with E-state index in [4.69, 9.17) is 10.5 Å². The highest BCUT2D eigenvalue weighted by Crippen LogP contribution is 2.20. The van der Waals surface area contributed by atoms with Crippen LogP contribution in [0.5, 0.6) is 5.75 Å². The summed E-state index contributed by atoms with van der Waals surface area (Å²) in [7, 11) is 0. The van der Waals surface area contributed by atoms with Crippen molar-refractivity contribution in [3.05, 3.63) is 24.3 Å². The molecule has 0 unspecified atom stereocenters. The zero-order chi connectivity index (χ0) is 15.2. The predicted octanol–water partition coefficient (Wildman–Crippen LogP) is 3.18. The highest BCUT2D eigenvalue weighted by atomic mass is 16.5. The van der Waals surface area contributed by atoms with Crippen LogP contribution in [0.25, 0.3) is 0 Å². The number of hydrogen-bond acceptors (Lipinski definition) is 3. The SMILES string of the molecule is CCC(N)(CC)C(=O)Nc1cccc(OCC(C)C)c1. The lowest BCUT2D eigenvalue weighted by Gasteiger charge is -2.25. The van der Waals surface area contributed by atoms with Crippen molar-refractivity contribution in [3.8, 4) is 5.75 Å². The molecular formula is C16H26N2O2. The number of carbonyl (C=O) groups is 1. The molecule has 4 nitrogen and oxygen atoms in total. The van der Waals surface area contributed by atoms with Crippen LogP contribution in [0.2, 0.25) is 0 Å². The molecule has 1 rings (SSSR count). The molecule has 0 aliphatic rings. The summed E-state index contributed by atoms with van der Waals surface area (Å²) in [5.74, 6) is 1.07. The first kappa shape index (κ1) is 16.5. The first-order chi connectivity index (χ1) is 9.41. The van der Waals surface area contributed by atoms with E-state index in [2.05, 4.69) is 19.2 Å². The molecule has 0 saturated heterocycles. The molecule has 0 aliphatic carbocycles. The lowest BCUT2D eigenvalue weighted by molar-refractivity contribution is -0.121. The second-order valence-electron chi connectivity index (χ2n) is 5.55. The molecule has 0 saturated carbocycles. The number of nitrogens with two attached hydrogens (primary N) is 1. The molecule has 0 aromatic heterocycles. The maximum Gasteiger partial charge on any atom is 0.244 e. The van der Waals surface area contributed by atoms with E-state index < -0.39 is 5.54 Å². The van der Waals surface area contributed by atoms with Gasteiger partial charge in [-0.25, -0.2) is 0 Å². The molecule has 0 fully saturated rings. The Balaban J connectivity index is 2.73. The number of anilines is 1.